The second kappa shape index (κ2) is 26.3. The minimum absolute atomic E-state index is 0. The van der Waals surface area contributed by atoms with Crippen LogP contribution in [0.3, 0.4) is 0 Å². The second-order valence-electron chi connectivity index (χ2n) is 0. The molecule has 0 aromatic rings. The molecule has 0 saturated heterocycles. The van der Waals surface area contributed by atoms with Crippen molar-refractivity contribution >= 4 is 0 Å². The van der Waals surface area contributed by atoms with Gasteiger partial charge in [0.05, 0.1) is 0 Å². The van der Waals surface area contributed by atoms with Crippen LogP contribution in [0.2, 0.25) is 0 Å². The predicted octanol–water partition coefficient (Wildman–Crippen LogP) is -0.240. The molecular formula is Ce2O2Ti+6. The van der Waals surface area contributed by atoms with Gasteiger partial charge in [0.25, 0.3) is 0 Å². The Hall–Kier alpha value is 3.39. The molecule has 0 atom stereocenters. The molecule has 0 unspecified atom stereocenters. The Morgan fingerprint density at radius 2 is 0.600 bits per heavy atom. The molecule has 0 rings (SSSR count). The van der Waals surface area contributed by atoms with Crippen molar-refractivity contribution < 1.29 is 116 Å². The largest absolute Gasteiger partial charge is 4.00 e. The second-order valence-corrected chi connectivity index (χ2v) is 0. The Morgan fingerprint density at radius 1 is 0.600 bits per heavy atom. The van der Waals surface area contributed by atoms with Crippen molar-refractivity contribution in [2.24, 2.45) is 0 Å². The summed E-state index contributed by atoms with van der Waals surface area (Å²) in [4.78, 5) is 0. The molecule has 0 aromatic carbocycles. The third kappa shape index (κ3) is 18.7. The van der Waals surface area contributed by atoms with Gasteiger partial charge < -0.3 is 11.0 Å². The van der Waals surface area contributed by atoms with Gasteiger partial charge in [0.1, 0.15) is 0 Å². The molecule has 2 nitrogen and oxygen atoms in total. The van der Waals surface area contributed by atoms with Crippen molar-refractivity contribution in [1.29, 1.82) is 0 Å². The van der Waals surface area contributed by atoms with Gasteiger partial charge in [-0.15, -0.1) is 0 Å². The van der Waals surface area contributed by atoms with Crippen LogP contribution in [0.1, 0.15) is 0 Å². The summed E-state index contributed by atoms with van der Waals surface area (Å²) >= 11 is 0. The molecule has 0 aromatic heterocycles. The summed E-state index contributed by atoms with van der Waals surface area (Å²) in [7, 11) is 0. The average molecular weight is 360 g/mol. The molecule has 0 heterocycles. The van der Waals surface area contributed by atoms with Crippen molar-refractivity contribution in [2.45, 2.75) is 0 Å². The fourth-order valence-corrected chi connectivity index (χ4v) is 0. The van der Waals surface area contributed by atoms with Crippen LogP contribution < -0.4 is 0 Å². The minimum atomic E-state index is 0. The fourth-order valence-electron chi connectivity index (χ4n) is 0. The average Bonchev–Trinajstić information content (AvgIpc) is 0. The van der Waals surface area contributed by atoms with Crippen molar-refractivity contribution in [2.75, 3.05) is 0 Å². The minimum Gasteiger partial charge on any atom is -2.00 e. The van der Waals surface area contributed by atoms with Gasteiger partial charge in [-0.2, -0.15) is 0 Å². The van der Waals surface area contributed by atoms with E-state index in [2.05, 4.69) is 0 Å². The van der Waals surface area contributed by atoms with E-state index in [4.69, 9.17) is 0 Å². The quantitative estimate of drug-likeness (QED) is 0.536. The maximum Gasteiger partial charge on any atom is 4.00 e. The summed E-state index contributed by atoms with van der Waals surface area (Å²) in [6, 6.07) is 0. The Kier molecular flexibility index (Phi) is 210. The van der Waals surface area contributed by atoms with E-state index < -0.39 is 0 Å². The standard InChI is InChI=1S/2Ce.2O.Ti/q2*+3;2*-2;+4. The van der Waals surface area contributed by atoms with Crippen LogP contribution in [0.25, 0.3) is 0 Å². The maximum atomic E-state index is 0. The molecule has 5 heavy (non-hydrogen) atoms. The van der Waals surface area contributed by atoms with E-state index in [1.165, 1.54) is 0 Å². The molecule has 0 fully saturated rings. The van der Waals surface area contributed by atoms with Crippen molar-refractivity contribution in [3.05, 3.63) is 0 Å². The first kappa shape index (κ1) is 39.9. The molecule has 0 aliphatic rings. The van der Waals surface area contributed by atoms with Crippen LogP contribution in [0, 0.1) is 83.5 Å². The topological polar surface area (TPSA) is 57.0 Å². The molecule has 5 heteroatoms. The van der Waals surface area contributed by atoms with Crippen LogP contribution in [0.4, 0.5) is 0 Å². The first-order chi connectivity index (χ1) is 0. The van der Waals surface area contributed by atoms with Gasteiger partial charge in [-0.05, 0) is 0 Å². The summed E-state index contributed by atoms with van der Waals surface area (Å²) < 4.78 is 0. The first-order valence-corrected chi connectivity index (χ1v) is 0. The van der Waals surface area contributed by atoms with Crippen molar-refractivity contribution in [1.82, 2.24) is 0 Å². The van der Waals surface area contributed by atoms with E-state index in [0.717, 1.165) is 0 Å². The van der Waals surface area contributed by atoms with Crippen LogP contribution in [-0.4, -0.2) is 0 Å². The summed E-state index contributed by atoms with van der Waals surface area (Å²) in [6.45, 7) is 0. The maximum absolute atomic E-state index is 0. The third-order valence-corrected chi connectivity index (χ3v) is 0. The van der Waals surface area contributed by atoms with Crippen molar-refractivity contribution in [3.8, 4) is 0 Å². The van der Waals surface area contributed by atoms with Crippen LogP contribution >= 0.6 is 0 Å². The van der Waals surface area contributed by atoms with Crippen LogP contribution in [0.15, 0.2) is 0 Å². The van der Waals surface area contributed by atoms with E-state index in [0.29, 0.717) is 0 Å². The normalized spacial score (nSPS) is 0. The van der Waals surface area contributed by atoms with Gasteiger partial charge >= 0.3 is 105 Å². The van der Waals surface area contributed by atoms with E-state index in [9.17, 15) is 0 Å². The van der Waals surface area contributed by atoms with Gasteiger partial charge in [-0.1, -0.05) is 0 Å². The Balaban J connectivity index is 0. The monoisotopic (exact) mass is 360 g/mol. The third-order valence-electron chi connectivity index (χ3n) is 0. The Labute approximate surface area is 113 Å². The van der Waals surface area contributed by atoms with Gasteiger partial charge in [0, 0.05) is 0 Å². The number of rotatable bonds is 0. The Bertz CT molecular complexity index is 7.61. The molecule has 18 valence electrons. The predicted molar refractivity (Wildman–Crippen MR) is 1.37 cm³/mol. The van der Waals surface area contributed by atoms with Crippen LogP contribution in [0.5, 0.6) is 0 Å². The van der Waals surface area contributed by atoms with E-state index in [1.54, 1.807) is 0 Å². The molecule has 0 saturated carbocycles. The Morgan fingerprint density at radius 3 is 0.600 bits per heavy atom. The first-order valence-electron chi connectivity index (χ1n) is 0. The van der Waals surface area contributed by atoms with Gasteiger partial charge in [-0.25, -0.2) is 0 Å². The smallest absolute Gasteiger partial charge is 2.00 e. The molecule has 0 amide bonds. The van der Waals surface area contributed by atoms with Gasteiger partial charge in [0.2, 0.25) is 0 Å². The van der Waals surface area contributed by atoms with Gasteiger partial charge in [-0.3, -0.25) is 0 Å². The molecule has 0 aliphatic heterocycles. The summed E-state index contributed by atoms with van der Waals surface area (Å²) in [6.07, 6.45) is 0. The van der Waals surface area contributed by atoms with Crippen molar-refractivity contribution in [3.63, 3.8) is 0 Å². The molecule has 0 aliphatic carbocycles. The summed E-state index contributed by atoms with van der Waals surface area (Å²) in [5, 5.41) is 0. The van der Waals surface area contributed by atoms with E-state index in [1.807, 2.05) is 0 Å². The molecular weight excluding hydrogens is 360 g/mol. The van der Waals surface area contributed by atoms with Crippen LogP contribution in [-0.2, 0) is 32.7 Å². The zero-order valence-electron chi connectivity index (χ0n) is 2.32. The molecule has 0 N–H and O–H groups in total. The van der Waals surface area contributed by atoms with E-state index in [-0.39, 0.29) is 116 Å². The summed E-state index contributed by atoms with van der Waals surface area (Å²) in [5.41, 5.74) is 0. The zero-order valence-corrected chi connectivity index (χ0v) is 10.2. The summed E-state index contributed by atoms with van der Waals surface area (Å²) in [5.74, 6) is 0. The van der Waals surface area contributed by atoms with E-state index >= 15 is 0 Å². The zero-order chi connectivity index (χ0) is 0. The SMILES string of the molecule is [Ce+3].[Ce+3].[O-2].[O-2].[Ti+4]. The van der Waals surface area contributed by atoms with Gasteiger partial charge in [0.15, 0.2) is 0 Å². The fraction of sp³-hybridized carbons (Fsp3) is 0. The number of hydrogen-bond acceptors (Lipinski definition) is 0. The molecule has 2 radical (unpaired) electrons. The molecule has 0 bridgehead atoms. The number of hydrogen-bond donors (Lipinski definition) is 0. The molecule has 0 spiro atoms.